The molecule has 0 bridgehead atoms. The van der Waals surface area contributed by atoms with Gasteiger partial charge in [-0.25, -0.2) is 22.2 Å². The number of H-pyrrole nitrogens is 1. The summed E-state index contributed by atoms with van der Waals surface area (Å²) in [7, 11) is -4.14. The van der Waals surface area contributed by atoms with Gasteiger partial charge in [0.05, 0.1) is 15.5 Å². The fourth-order valence-electron chi connectivity index (χ4n) is 2.92. The quantitative estimate of drug-likeness (QED) is 0.440. The smallest absolute Gasteiger partial charge is 0.261 e. The van der Waals surface area contributed by atoms with Crippen LogP contribution in [0.2, 0.25) is 5.02 Å². The zero-order valence-electron chi connectivity index (χ0n) is 15.0. The summed E-state index contributed by atoms with van der Waals surface area (Å²) >= 11 is 5.93. The number of hydrogen-bond donors (Lipinski definition) is 2. The normalized spacial score (nSPS) is 11.6. The van der Waals surface area contributed by atoms with Gasteiger partial charge in [-0.05, 0) is 42.5 Å². The van der Waals surface area contributed by atoms with E-state index in [9.17, 15) is 22.0 Å². The largest absolute Gasteiger partial charge is 0.345 e. The average Bonchev–Trinajstić information content (AvgIpc) is 3.12. The van der Waals surface area contributed by atoms with Crippen molar-refractivity contribution in [3.8, 4) is 0 Å². The number of anilines is 1. The molecule has 0 atom stereocenters. The SMILES string of the molecule is O=C(c1cc(NS(=O)(=O)c2cccc(F)c2)ccc1F)c1c[nH]c2ncc(Cl)cc12. The third-order valence-electron chi connectivity index (χ3n) is 4.31. The molecule has 30 heavy (non-hydrogen) atoms. The average molecular weight is 448 g/mol. The van der Waals surface area contributed by atoms with Crippen molar-refractivity contribution in [1.82, 2.24) is 9.97 Å². The maximum atomic E-state index is 14.4. The predicted molar refractivity (Wildman–Crippen MR) is 108 cm³/mol. The summed E-state index contributed by atoms with van der Waals surface area (Å²) in [4.78, 5) is 19.5. The number of pyridine rings is 1. The highest BCUT2D eigenvalue weighted by molar-refractivity contribution is 7.92. The molecule has 10 heteroatoms. The molecule has 4 aromatic rings. The summed E-state index contributed by atoms with van der Waals surface area (Å²) in [5, 5.41) is 0.700. The van der Waals surface area contributed by atoms with E-state index in [0.29, 0.717) is 16.1 Å². The van der Waals surface area contributed by atoms with Crippen LogP contribution in [0, 0.1) is 11.6 Å². The Bertz CT molecular complexity index is 1400. The first-order valence-electron chi connectivity index (χ1n) is 8.50. The molecule has 0 unspecified atom stereocenters. The molecule has 2 aromatic heterocycles. The highest BCUT2D eigenvalue weighted by Gasteiger charge is 2.21. The minimum Gasteiger partial charge on any atom is -0.345 e. The predicted octanol–water partition coefficient (Wildman–Crippen LogP) is 4.53. The number of aromatic amines is 1. The van der Waals surface area contributed by atoms with Crippen LogP contribution in [0.1, 0.15) is 15.9 Å². The van der Waals surface area contributed by atoms with Crippen molar-refractivity contribution in [3.63, 3.8) is 0 Å². The van der Waals surface area contributed by atoms with Crippen LogP contribution in [0.5, 0.6) is 0 Å². The van der Waals surface area contributed by atoms with E-state index in [-0.39, 0.29) is 21.7 Å². The number of carbonyl (C=O) groups excluding carboxylic acids is 1. The summed E-state index contributed by atoms with van der Waals surface area (Å²) in [6, 6.07) is 9.14. The summed E-state index contributed by atoms with van der Waals surface area (Å²) in [6.07, 6.45) is 2.77. The molecule has 2 heterocycles. The summed E-state index contributed by atoms with van der Waals surface area (Å²) in [5.41, 5.74) is 0.116. The first-order valence-corrected chi connectivity index (χ1v) is 10.4. The van der Waals surface area contributed by atoms with E-state index in [0.717, 1.165) is 30.3 Å². The van der Waals surface area contributed by atoms with Gasteiger partial charge in [-0.15, -0.1) is 0 Å². The van der Waals surface area contributed by atoms with Crippen molar-refractivity contribution in [3.05, 3.63) is 88.7 Å². The number of sulfonamides is 1. The molecular formula is C20H12ClF2N3O3S. The molecule has 0 radical (unpaired) electrons. The van der Waals surface area contributed by atoms with Gasteiger partial charge >= 0.3 is 0 Å². The molecule has 4 rings (SSSR count). The van der Waals surface area contributed by atoms with Gasteiger partial charge in [-0.1, -0.05) is 17.7 Å². The van der Waals surface area contributed by atoms with Crippen molar-refractivity contribution in [2.45, 2.75) is 4.90 Å². The zero-order valence-corrected chi connectivity index (χ0v) is 16.6. The van der Waals surface area contributed by atoms with E-state index in [1.54, 1.807) is 0 Å². The third kappa shape index (κ3) is 3.77. The number of carbonyl (C=O) groups is 1. The number of benzene rings is 2. The topological polar surface area (TPSA) is 91.9 Å². The van der Waals surface area contributed by atoms with E-state index in [2.05, 4.69) is 14.7 Å². The maximum absolute atomic E-state index is 14.4. The lowest BCUT2D eigenvalue weighted by Crippen LogP contribution is -2.14. The van der Waals surface area contributed by atoms with Gasteiger partial charge in [0.1, 0.15) is 17.3 Å². The first-order chi connectivity index (χ1) is 14.2. The third-order valence-corrected chi connectivity index (χ3v) is 5.90. The van der Waals surface area contributed by atoms with Gasteiger partial charge in [0.15, 0.2) is 5.78 Å². The summed E-state index contributed by atoms with van der Waals surface area (Å²) in [6.45, 7) is 0. The molecule has 0 amide bonds. The van der Waals surface area contributed by atoms with Crippen LogP contribution >= 0.6 is 11.6 Å². The molecule has 6 nitrogen and oxygen atoms in total. The summed E-state index contributed by atoms with van der Waals surface area (Å²) in [5.74, 6) is -2.24. The van der Waals surface area contributed by atoms with Crippen molar-refractivity contribution in [2.75, 3.05) is 4.72 Å². The molecule has 0 spiro atoms. The minimum absolute atomic E-state index is 0.0555. The Labute approximate surface area is 174 Å². The van der Waals surface area contributed by atoms with Crippen molar-refractivity contribution in [1.29, 1.82) is 0 Å². The van der Waals surface area contributed by atoms with Crippen LogP contribution in [-0.4, -0.2) is 24.2 Å². The van der Waals surface area contributed by atoms with Crippen molar-refractivity contribution >= 4 is 44.1 Å². The number of fused-ring (bicyclic) bond motifs is 1. The molecule has 0 aliphatic carbocycles. The number of rotatable bonds is 5. The number of ketones is 1. The fourth-order valence-corrected chi connectivity index (χ4v) is 4.16. The van der Waals surface area contributed by atoms with Gasteiger partial charge < -0.3 is 4.98 Å². The molecular weight excluding hydrogens is 436 g/mol. The fraction of sp³-hybridized carbons (Fsp3) is 0. The Balaban J connectivity index is 1.71. The molecule has 0 saturated heterocycles. The first kappa shape index (κ1) is 20.0. The second kappa shape index (κ2) is 7.51. The molecule has 0 aliphatic rings. The van der Waals surface area contributed by atoms with Crippen LogP contribution in [0.15, 0.2) is 65.8 Å². The highest BCUT2D eigenvalue weighted by atomic mass is 35.5. The Morgan fingerprint density at radius 3 is 2.63 bits per heavy atom. The number of nitrogens with one attached hydrogen (secondary N) is 2. The van der Waals surface area contributed by atoms with E-state index in [4.69, 9.17) is 11.6 Å². The monoisotopic (exact) mass is 447 g/mol. The molecule has 0 aliphatic heterocycles. The molecule has 152 valence electrons. The van der Waals surface area contributed by atoms with Gasteiger partial charge in [0.2, 0.25) is 0 Å². The molecule has 0 saturated carbocycles. The maximum Gasteiger partial charge on any atom is 0.261 e. The lowest BCUT2D eigenvalue weighted by molar-refractivity contribution is 0.103. The molecule has 2 aromatic carbocycles. The Kier molecular flexibility index (Phi) is 5.00. The number of hydrogen-bond acceptors (Lipinski definition) is 4. The van der Waals surface area contributed by atoms with Crippen LogP contribution in [0.4, 0.5) is 14.5 Å². The van der Waals surface area contributed by atoms with Crippen LogP contribution in [0.25, 0.3) is 11.0 Å². The van der Waals surface area contributed by atoms with Gasteiger partial charge in [0, 0.05) is 29.0 Å². The second-order valence-electron chi connectivity index (χ2n) is 6.34. The lowest BCUT2D eigenvalue weighted by atomic mass is 10.0. The van der Waals surface area contributed by atoms with Crippen LogP contribution < -0.4 is 4.72 Å². The van der Waals surface area contributed by atoms with Crippen LogP contribution in [0.3, 0.4) is 0 Å². The van der Waals surface area contributed by atoms with E-state index in [1.165, 1.54) is 30.6 Å². The minimum atomic E-state index is -4.14. The second-order valence-corrected chi connectivity index (χ2v) is 8.46. The Morgan fingerprint density at radius 2 is 1.87 bits per heavy atom. The van der Waals surface area contributed by atoms with Gasteiger partial charge in [-0.2, -0.15) is 0 Å². The Morgan fingerprint density at radius 1 is 1.07 bits per heavy atom. The van der Waals surface area contributed by atoms with E-state index < -0.39 is 27.4 Å². The van der Waals surface area contributed by atoms with E-state index >= 15 is 0 Å². The number of halogens is 3. The van der Waals surface area contributed by atoms with Crippen molar-refractivity contribution in [2.24, 2.45) is 0 Å². The van der Waals surface area contributed by atoms with E-state index in [1.807, 2.05) is 0 Å². The molecule has 2 N–H and O–H groups in total. The lowest BCUT2D eigenvalue weighted by Gasteiger charge is -2.10. The standard InChI is InChI=1S/C20H12ClF2N3O3S/c21-11-6-15-17(10-25-20(15)24-9-11)19(27)16-8-13(4-5-18(16)23)26-30(28,29)14-3-1-2-12(22)7-14/h1-10,26H,(H,24,25). The highest BCUT2D eigenvalue weighted by Crippen LogP contribution is 2.26. The summed E-state index contributed by atoms with van der Waals surface area (Å²) < 4.78 is 54.9. The van der Waals surface area contributed by atoms with Gasteiger partial charge in [-0.3, -0.25) is 9.52 Å². The molecule has 0 fully saturated rings. The van der Waals surface area contributed by atoms with Gasteiger partial charge in [0.25, 0.3) is 10.0 Å². The number of nitrogens with zero attached hydrogens (tertiary/aromatic N) is 1. The van der Waals surface area contributed by atoms with Crippen LogP contribution in [-0.2, 0) is 10.0 Å². The number of aromatic nitrogens is 2. The zero-order chi connectivity index (χ0) is 21.5. The van der Waals surface area contributed by atoms with Crippen molar-refractivity contribution < 1.29 is 22.0 Å². The Hall–Kier alpha value is -3.30.